The smallest absolute Gasteiger partial charge is 0.200 e. The molecule has 4 nitrogen and oxygen atoms in total. The fourth-order valence-electron chi connectivity index (χ4n) is 2.41. The number of hydrogen-bond donors (Lipinski definition) is 1. The van der Waals surface area contributed by atoms with Crippen molar-refractivity contribution in [2.45, 2.75) is 11.8 Å². The van der Waals surface area contributed by atoms with E-state index < -0.39 is 10.0 Å². The number of nitrogens with zero attached hydrogens (tertiary/aromatic N) is 1. The molecule has 0 heterocycles. The zero-order valence-electron chi connectivity index (χ0n) is 14.1. The van der Waals surface area contributed by atoms with Crippen molar-refractivity contribution in [1.29, 1.82) is 0 Å². The molecule has 0 aliphatic rings. The largest absolute Gasteiger partial charge is 0.276 e. The van der Waals surface area contributed by atoms with Crippen LogP contribution in [0.4, 0.5) is 0 Å². The fourth-order valence-corrected chi connectivity index (χ4v) is 3.69. The van der Waals surface area contributed by atoms with Crippen molar-refractivity contribution >= 4 is 31.7 Å². The molecule has 3 rings (SSSR count). The highest BCUT2D eigenvalue weighted by atomic mass is 79.9. The van der Waals surface area contributed by atoms with Gasteiger partial charge in [0, 0.05) is 15.6 Å². The number of nitrogens with one attached hydrogen (secondary N) is 1. The van der Waals surface area contributed by atoms with Gasteiger partial charge in [-0.05, 0) is 25.1 Å². The minimum atomic E-state index is -3.75. The molecule has 6 heteroatoms. The predicted molar refractivity (Wildman–Crippen MR) is 108 cm³/mol. The second-order valence-electron chi connectivity index (χ2n) is 5.71. The summed E-state index contributed by atoms with van der Waals surface area (Å²) in [6.07, 6.45) is 0. The lowest BCUT2D eigenvalue weighted by Gasteiger charge is -2.11. The number of sulfonamides is 1. The summed E-state index contributed by atoms with van der Waals surface area (Å²) in [5, 5.41) is 4.24. The maximum atomic E-state index is 12.6. The van der Waals surface area contributed by atoms with E-state index in [1.54, 1.807) is 24.3 Å². The van der Waals surface area contributed by atoms with Crippen LogP contribution in [0.25, 0.3) is 0 Å². The molecule has 0 unspecified atom stereocenters. The van der Waals surface area contributed by atoms with Gasteiger partial charge in [-0.3, -0.25) is 0 Å². The SMILES string of the molecule is Cc1ccc(S(=O)(=O)N/N=C(/c2ccccc2)c2ccccc2Br)cc1. The summed E-state index contributed by atoms with van der Waals surface area (Å²) in [5.41, 5.74) is 3.13. The molecule has 0 aliphatic heterocycles. The zero-order valence-corrected chi connectivity index (χ0v) is 16.5. The maximum absolute atomic E-state index is 12.6. The molecular formula is C20H17BrN2O2S. The van der Waals surface area contributed by atoms with Crippen LogP contribution in [0.3, 0.4) is 0 Å². The first-order valence-electron chi connectivity index (χ1n) is 7.94. The highest BCUT2D eigenvalue weighted by molar-refractivity contribution is 9.10. The molecule has 26 heavy (non-hydrogen) atoms. The number of benzene rings is 3. The standard InChI is InChI=1S/C20H17BrN2O2S/c1-15-11-13-17(14-12-15)26(24,25)23-22-20(16-7-3-2-4-8-16)18-9-5-6-10-19(18)21/h2-14,23H,1H3/b22-20-. The number of halogens is 1. The van der Waals surface area contributed by atoms with Crippen molar-refractivity contribution in [1.82, 2.24) is 4.83 Å². The van der Waals surface area contributed by atoms with E-state index in [2.05, 4.69) is 25.9 Å². The van der Waals surface area contributed by atoms with Gasteiger partial charge in [-0.25, -0.2) is 0 Å². The quantitative estimate of drug-likeness (QED) is 0.480. The normalized spacial score (nSPS) is 12.0. The molecule has 0 saturated carbocycles. The summed E-state index contributed by atoms with van der Waals surface area (Å²) < 4.78 is 26.0. The topological polar surface area (TPSA) is 58.5 Å². The van der Waals surface area contributed by atoms with E-state index in [0.717, 1.165) is 21.2 Å². The van der Waals surface area contributed by atoms with Gasteiger partial charge in [0.15, 0.2) is 0 Å². The van der Waals surface area contributed by atoms with Crippen LogP contribution in [0, 0.1) is 6.92 Å². The molecule has 132 valence electrons. The van der Waals surface area contributed by atoms with Crippen molar-refractivity contribution < 1.29 is 8.42 Å². The predicted octanol–water partition coefficient (Wildman–Crippen LogP) is 4.49. The van der Waals surface area contributed by atoms with Crippen LogP contribution in [0.5, 0.6) is 0 Å². The van der Waals surface area contributed by atoms with Gasteiger partial charge in [-0.2, -0.15) is 18.4 Å². The highest BCUT2D eigenvalue weighted by Gasteiger charge is 2.15. The van der Waals surface area contributed by atoms with Crippen LogP contribution in [0.1, 0.15) is 16.7 Å². The first-order valence-corrected chi connectivity index (χ1v) is 10.2. The van der Waals surface area contributed by atoms with Gasteiger partial charge in [-0.15, -0.1) is 0 Å². The van der Waals surface area contributed by atoms with E-state index in [1.807, 2.05) is 61.5 Å². The Morgan fingerprint density at radius 2 is 1.50 bits per heavy atom. The maximum Gasteiger partial charge on any atom is 0.276 e. The van der Waals surface area contributed by atoms with Gasteiger partial charge >= 0.3 is 0 Å². The van der Waals surface area contributed by atoms with E-state index in [0.29, 0.717) is 5.71 Å². The molecule has 1 N–H and O–H groups in total. The Balaban J connectivity index is 2.02. The van der Waals surface area contributed by atoms with Gasteiger partial charge in [0.05, 0.1) is 10.6 Å². The lowest BCUT2D eigenvalue weighted by molar-refractivity contribution is 0.584. The first-order chi connectivity index (χ1) is 12.5. The van der Waals surface area contributed by atoms with Gasteiger partial charge < -0.3 is 0 Å². The second kappa shape index (κ2) is 7.85. The molecule has 0 spiro atoms. The molecule has 0 bridgehead atoms. The van der Waals surface area contributed by atoms with E-state index in [1.165, 1.54) is 0 Å². The van der Waals surface area contributed by atoms with Crippen LogP contribution in [0.2, 0.25) is 0 Å². The number of aryl methyl sites for hydroxylation is 1. The average Bonchev–Trinajstić information content (AvgIpc) is 2.64. The number of hydrazone groups is 1. The minimum Gasteiger partial charge on any atom is -0.200 e. The van der Waals surface area contributed by atoms with E-state index in [9.17, 15) is 8.42 Å². The van der Waals surface area contributed by atoms with Crippen molar-refractivity contribution in [2.75, 3.05) is 0 Å². The summed E-state index contributed by atoms with van der Waals surface area (Å²) in [7, 11) is -3.75. The number of rotatable bonds is 5. The lowest BCUT2D eigenvalue weighted by atomic mass is 10.0. The Morgan fingerprint density at radius 3 is 2.15 bits per heavy atom. The molecule has 0 aliphatic carbocycles. The summed E-state index contributed by atoms with van der Waals surface area (Å²) >= 11 is 3.51. The molecule has 0 saturated heterocycles. The second-order valence-corrected chi connectivity index (χ2v) is 8.23. The van der Waals surface area contributed by atoms with E-state index in [4.69, 9.17) is 0 Å². The Kier molecular flexibility index (Phi) is 5.54. The van der Waals surface area contributed by atoms with Gasteiger partial charge in [0.25, 0.3) is 10.0 Å². The van der Waals surface area contributed by atoms with E-state index in [-0.39, 0.29) is 4.90 Å². The Labute approximate surface area is 161 Å². The van der Waals surface area contributed by atoms with Crippen molar-refractivity contribution in [3.63, 3.8) is 0 Å². The third-order valence-electron chi connectivity index (χ3n) is 3.79. The van der Waals surface area contributed by atoms with Crippen molar-refractivity contribution in [3.8, 4) is 0 Å². The van der Waals surface area contributed by atoms with Crippen LogP contribution in [-0.2, 0) is 10.0 Å². The Bertz CT molecular complexity index is 1030. The molecule has 0 aromatic heterocycles. The molecule has 3 aromatic carbocycles. The van der Waals surface area contributed by atoms with Crippen LogP contribution in [0.15, 0.2) is 93.3 Å². The highest BCUT2D eigenvalue weighted by Crippen LogP contribution is 2.20. The molecule has 3 aromatic rings. The van der Waals surface area contributed by atoms with Gasteiger partial charge in [0.2, 0.25) is 0 Å². The Morgan fingerprint density at radius 1 is 0.885 bits per heavy atom. The van der Waals surface area contributed by atoms with Crippen LogP contribution >= 0.6 is 15.9 Å². The zero-order chi connectivity index (χ0) is 18.6. The summed E-state index contributed by atoms with van der Waals surface area (Å²) in [4.78, 5) is 2.53. The van der Waals surface area contributed by atoms with Gasteiger partial charge in [0.1, 0.15) is 0 Å². The molecule has 0 fully saturated rings. The lowest BCUT2D eigenvalue weighted by Crippen LogP contribution is -2.21. The fraction of sp³-hybridized carbons (Fsp3) is 0.0500. The monoisotopic (exact) mass is 428 g/mol. The Hall–Kier alpha value is -2.44. The average molecular weight is 429 g/mol. The molecule has 0 radical (unpaired) electrons. The third-order valence-corrected chi connectivity index (χ3v) is 5.70. The number of hydrogen-bond acceptors (Lipinski definition) is 3. The van der Waals surface area contributed by atoms with E-state index >= 15 is 0 Å². The van der Waals surface area contributed by atoms with Crippen LogP contribution in [-0.4, -0.2) is 14.1 Å². The summed E-state index contributed by atoms with van der Waals surface area (Å²) in [6, 6.07) is 23.6. The molecule has 0 amide bonds. The van der Waals surface area contributed by atoms with Crippen molar-refractivity contribution in [2.24, 2.45) is 5.10 Å². The minimum absolute atomic E-state index is 0.173. The summed E-state index contributed by atoms with van der Waals surface area (Å²) in [6.45, 7) is 1.91. The molecular weight excluding hydrogens is 412 g/mol. The van der Waals surface area contributed by atoms with Crippen LogP contribution < -0.4 is 4.83 Å². The third kappa shape index (κ3) is 4.20. The first kappa shape index (κ1) is 18.4. The van der Waals surface area contributed by atoms with Crippen molar-refractivity contribution in [3.05, 3.63) is 100 Å². The van der Waals surface area contributed by atoms with Gasteiger partial charge in [-0.1, -0.05) is 82.2 Å². The summed E-state index contributed by atoms with van der Waals surface area (Å²) in [5.74, 6) is 0. The molecule has 0 atom stereocenters.